The molecular formula is C22H18ClF2N3O. The van der Waals surface area contributed by atoms with Gasteiger partial charge in [0.05, 0.1) is 5.69 Å². The van der Waals surface area contributed by atoms with Crippen molar-refractivity contribution in [3.05, 3.63) is 75.6 Å². The summed E-state index contributed by atoms with van der Waals surface area (Å²) >= 11 is 6.12. The third-order valence-electron chi connectivity index (χ3n) is 5.69. The summed E-state index contributed by atoms with van der Waals surface area (Å²) in [6.07, 6.45) is 4.14. The zero-order chi connectivity index (χ0) is 20.1. The molecule has 0 fully saturated rings. The number of aryl methyl sites for hydroxylation is 1. The van der Waals surface area contributed by atoms with E-state index in [2.05, 4.69) is 5.10 Å². The highest BCUT2D eigenvalue weighted by Gasteiger charge is 2.32. The molecule has 5 rings (SSSR count). The van der Waals surface area contributed by atoms with E-state index in [-0.39, 0.29) is 5.91 Å². The monoisotopic (exact) mass is 413 g/mol. The SMILES string of the molecule is O=C(c1nn(-c2ccc(F)c(F)c2)c2c1CCC2)N1CCCc2cc(Cl)ccc21. The van der Waals surface area contributed by atoms with Crippen molar-refractivity contribution in [1.82, 2.24) is 9.78 Å². The molecule has 0 radical (unpaired) electrons. The summed E-state index contributed by atoms with van der Waals surface area (Å²) in [5, 5.41) is 5.20. The third-order valence-corrected chi connectivity index (χ3v) is 5.92. The van der Waals surface area contributed by atoms with Crippen LogP contribution in [-0.4, -0.2) is 22.2 Å². The molecule has 7 heteroatoms. The van der Waals surface area contributed by atoms with Gasteiger partial charge in [0.15, 0.2) is 17.3 Å². The lowest BCUT2D eigenvalue weighted by atomic mass is 10.0. The Morgan fingerprint density at radius 3 is 2.69 bits per heavy atom. The minimum absolute atomic E-state index is 0.159. The van der Waals surface area contributed by atoms with E-state index in [9.17, 15) is 13.6 Å². The average molecular weight is 414 g/mol. The van der Waals surface area contributed by atoms with Crippen molar-refractivity contribution in [2.75, 3.05) is 11.4 Å². The van der Waals surface area contributed by atoms with Crippen molar-refractivity contribution in [2.24, 2.45) is 0 Å². The van der Waals surface area contributed by atoms with Crippen molar-refractivity contribution >= 4 is 23.2 Å². The van der Waals surface area contributed by atoms with Crippen LogP contribution in [0.1, 0.15) is 40.2 Å². The van der Waals surface area contributed by atoms with Crippen LogP contribution < -0.4 is 4.90 Å². The van der Waals surface area contributed by atoms with Gasteiger partial charge in [0, 0.05) is 34.6 Å². The van der Waals surface area contributed by atoms with Gasteiger partial charge in [-0.1, -0.05) is 11.6 Å². The maximum Gasteiger partial charge on any atom is 0.279 e. The Hall–Kier alpha value is -2.73. The van der Waals surface area contributed by atoms with Crippen molar-refractivity contribution in [3.63, 3.8) is 0 Å². The predicted octanol–water partition coefficient (Wildman–Crippen LogP) is 4.89. The molecule has 1 amide bonds. The Morgan fingerprint density at radius 1 is 1.00 bits per heavy atom. The van der Waals surface area contributed by atoms with Crippen molar-refractivity contribution in [2.45, 2.75) is 32.1 Å². The smallest absolute Gasteiger partial charge is 0.279 e. The Kier molecular flexibility index (Phi) is 4.39. The largest absolute Gasteiger partial charge is 0.307 e. The van der Waals surface area contributed by atoms with Crippen LogP contribution in [0.3, 0.4) is 0 Å². The normalized spacial score (nSPS) is 15.3. The fourth-order valence-electron chi connectivity index (χ4n) is 4.34. The minimum atomic E-state index is -0.931. The van der Waals surface area contributed by atoms with Crippen LogP contribution in [0.25, 0.3) is 5.69 Å². The molecule has 1 aliphatic carbocycles. The summed E-state index contributed by atoms with van der Waals surface area (Å²) in [4.78, 5) is 15.2. The standard InChI is InChI=1S/C22H18ClF2N3O/c23-14-6-9-19-13(11-14)3-2-10-27(19)22(29)21-16-4-1-5-20(16)28(26-21)15-7-8-17(24)18(25)12-15/h6-9,11-12H,1-5,10H2. The molecule has 1 aromatic heterocycles. The molecule has 2 aliphatic rings. The number of amides is 1. The topological polar surface area (TPSA) is 38.1 Å². The fraction of sp³-hybridized carbons (Fsp3) is 0.273. The van der Waals surface area contributed by atoms with Crippen molar-refractivity contribution < 1.29 is 13.6 Å². The van der Waals surface area contributed by atoms with Gasteiger partial charge in [0.2, 0.25) is 0 Å². The predicted molar refractivity (Wildman–Crippen MR) is 107 cm³/mol. The van der Waals surface area contributed by atoms with E-state index in [0.717, 1.165) is 66.7 Å². The summed E-state index contributed by atoms with van der Waals surface area (Å²) in [6, 6.07) is 9.25. The van der Waals surface area contributed by atoms with E-state index in [0.29, 0.717) is 22.9 Å². The summed E-state index contributed by atoms with van der Waals surface area (Å²) in [5.74, 6) is -2.00. The molecule has 1 aliphatic heterocycles. The zero-order valence-corrected chi connectivity index (χ0v) is 16.3. The number of benzene rings is 2. The van der Waals surface area contributed by atoms with E-state index in [1.54, 1.807) is 15.6 Å². The van der Waals surface area contributed by atoms with Gasteiger partial charge in [-0.3, -0.25) is 4.79 Å². The number of nitrogens with zero attached hydrogens (tertiary/aromatic N) is 3. The first-order valence-corrected chi connectivity index (χ1v) is 10.1. The summed E-state index contributed by atoms with van der Waals surface area (Å²) in [6.45, 7) is 0.611. The summed E-state index contributed by atoms with van der Waals surface area (Å²) in [5.41, 5.74) is 4.53. The van der Waals surface area contributed by atoms with Crippen LogP contribution >= 0.6 is 11.6 Å². The molecule has 0 atom stereocenters. The second kappa shape index (κ2) is 6.95. The Labute approximate surface area is 171 Å². The first-order chi connectivity index (χ1) is 14.0. The minimum Gasteiger partial charge on any atom is -0.307 e. The zero-order valence-electron chi connectivity index (χ0n) is 15.6. The van der Waals surface area contributed by atoms with Crippen LogP contribution in [0.4, 0.5) is 14.5 Å². The number of hydrogen-bond acceptors (Lipinski definition) is 2. The van der Waals surface area contributed by atoms with Crippen LogP contribution in [0.5, 0.6) is 0 Å². The Balaban J connectivity index is 1.58. The van der Waals surface area contributed by atoms with Crippen LogP contribution in [0.15, 0.2) is 36.4 Å². The molecule has 0 N–H and O–H groups in total. The molecule has 148 valence electrons. The highest BCUT2D eigenvalue weighted by molar-refractivity contribution is 6.30. The van der Waals surface area contributed by atoms with Gasteiger partial charge < -0.3 is 4.90 Å². The lowest BCUT2D eigenvalue weighted by Crippen LogP contribution is -2.36. The van der Waals surface area contributed by atoms with Crippen LogP contribution in [0, 0.1) is 11.6 Å². The maximum atomic E-state index is 13.8. The molecule has 4 nitrogen and oxygen atoms in total. The molecule has 2 aromatic carbocycles. The highest BCUT2D eigenvalue weighted by atomic mass is 35.5. The molecule has 29 heavy (non-hydrogen) atoms. The van der Waals surface area contributed by atoms with E-state index in [1.807, 2.05) is 12.1 Å². The van der Waals surface area contributed by atoms with Gasteiger partial charge in [-0.25, -0.2) is 13.5 Å². The molecule has 3 aromatic rings. The highest BCUT2D eigenvalue weighted by Crippen LogP contribution is 2.33. The molecule has 2 heterocycles. The van der Waals surface area contributed by atoms with E-state index < -0.39 is 11.6 Å². The number of anilines is 1. The first-order valence-electron chi connectivity index (χ1n) is 9.69. The fourth-order valence-corrected chi connectivity index (χ4v) is 4.54. The lowest BCUT2D eigenvalue weighted by molar-refractivity contribution is 0.0979. The third kappa shape index (κ3) is 3.02. The summed E-state index contributed by atoms with van der Waals surface area (Å²) in [7, 11) is 0. The van der Waals surface area contributed by atoms with Gasteiger partial charge >= 0.3 is 0 Å². The van der Waals surface area contributed by atoms with Crippen molar-refractivity contribution in [1.29, 1.82) is 0 Å². The van der Waals surface area contributed by atoms with Gasteiger partial charge in [0.1, 0.15) is 0 Å². The van der Waals surface area contributed by atoms with Gasteiger partial charge in [-0.15, -0.1) is 0 Å². The lowest BCUT2D eigenvalue weighted by Gasteiger charge is -2.29. The molecule has 0 unspecified atom stereocenters. The molecule has 0 saturated carbocycles. The second-order valence-corrected chi connectivity index (χ2v) is 7.91. The van der Waals surface area contributed by atoms with E-state index in [1.165, 1.54) is 6.07 Å². The van der Waals surface area contributed by atoms with E-state index >= 15 is 0 Å². The molecule has 0 bridgehead atoms. The van der Waals surface area contributed by atoms with Crippen molar-refractivity contribution in [3.8, 4) is 5.69 Å². The summed E-state index contributed by atoms with van der Waals surface area (Å²) < 4.78 is 28.7. The number of hydrogen-bond donors (Lipinski definition) is 0. The van der Waals surface area contributed by atoms with Crippen LogP contribution in [-0.2, 0) is 19.3 Å². The van der Waals surface area contributed by atoms with Gasteiger partial charge in [0.25, 0.3) is 5.91 Å². The number of aromatic nitrogens is 2. The second-order valence-electron chi connectivity index (χ2n) is 7.47. The number of rotatable bonds is 2. The Bertz CT molecular complexity index is 1140. The van der Waals surface area contributed by atoms with Gasteiger partial charge in [-0.2, -0.15) is 5.10 Å². The number of carbonyl (C=O) groups excluding carboxylic acids is 1. The van der Waals surface area contributed by atoms with Crippen LogP contribution in [0.2, 0.25) is 5.02 Å². The quantitative estimate of drug-likeness (QED) is 0.600. The Morgan fingerprint density at radius 2 is 1.86 bits per heavy atom. The number of carbonyl (C=O) groups is 1. The molecular weight excluding hydrogens is 396 g/mol. The maximum absolute atomic E-state index is 13.8. The molecule has 0 saturated heterocycles. The number of halogens is 3. The molecule has 0 spiro atoms. The average Bonchev–Trinajstić information content (AvgIpc) is 3.32. The van der Waals surface area contributed by atoms with E-state index in [4.69, 9.17) is 11.6 Å². The first kappa shape index (κ1) is 18.3. The van der Waals surface area contributed by atoms with Gasteiger partial charge in [-0.05, 0) is 68.0 Å². The number of fused-ring (bicyclic) bond motifs is 2.